The minimum atomic E-state index is -3.44. The number of nitrogens with zero attached hydrogens (tertiary/aromatic N) is 2. The fraction of sp³-hybridized carbons (Fsp3) is 0.583. The molecule has 2 heterocycles. The first kappa shape index (κ1) is 13.3. The summed E-state index contributed by atoms with van der Waals surface area (Å²) in [6.45, 7) is 3.99. The van der Waals surface area contributed by atoms with Crippen molar-refractivity contribution in [2.24, 2.45) is 0 Å². The van der Waals surface area contributed by atoms with E-state index in [4.69, 9.17) is 0 Å². The average molecular weight is 269 g/mol. The lowest BCUT2D eigenvalue weighted by Crippen LogP contribution is -2.29. The Kier molecular flexibility index (Phi) is 4.19. The van der Waals surface area contributed by atoms with E-state index in [0.29, 0.717) is 18.8 Å². The third-order valence-electron chi connectivity index (χ3n) is 2.99. The zero-order valence-electron chi connectivity index (χ0n) is 10.6. The summed E-state index contributed by atoms with van der Waals surface area (Å²) in [5, 5.41) is 3.28. The fourth-order valence-electron chi connectivity index (χ4n) is 2.04. The van der Waals surface area contributed by atoms with E-state index < -0.39 is 10.0 Å². The van der Waals surface area contributed by atoms with Crippen molar-refractivity contribution in [1.82, 2.24) is 9.29 Å². The Morgan fingerprint density at radius 2 is 2.11 bits per heavy atom. The minimum Gasteiger partial charge on any atom is -0.383 e. The van der Waals surface area contributed by atoms with Gasteiger partial charge >= 0.3 is 0 Å². The maximum atomic E-state index is 12.4. The van der Waals surface area contributed by atoms with Gasteiger partial charge in [-0.2, -0.15) is 4.31 Å². The number of rotatable bonds is 5. The van der Waals surface area contributed by atoms with Crippen LogP contribution in [0.3, 0.4) is 0 Å². The molecule has 1 fully saturated rings. The molecule has 1 saturated heterocycles. The van der Waals surface area contributed by atoms with Gasteiger partial charge in [-0.3, -0.25) is 0 Å². The molecule has 0 aromatic carbocycles. The Hall–Kier alpha value is -1.14. The highest BCUT2D eigenvalue weighted by Crippen LogP contribution is 2.24. The van der Waals surface area contributed by atoms with Gasteiger partial charge in [-0.1, -0.05) is 6.92 Å². The zero-order valence-corrected chi connectivity index (χ0v) is 11.4. The Labute approximate surface area is 108 Å². The Balaban J connectivity index is 2.31. The monoisotopic (exact) mass is 269 g/mol. The van der Waals surface area contributed by atoms with E-state index in [2.05, 4.69) is 10.3 Å². The van der Waals surface area contributed by atoms with Gasteiger partial charge in [-0.25, -0.2) is 13.4 Å². The second-order valence-electron chi connectivity index (χ2n) is 4.39. The molecule has 0 saturated carbocycles. The molecule has 0 amide bonds. The van der Waals surface area contributed by atoms with E-state index >= 15 is 0 Å². The lowest BCUT2D eigenvalue weighted by Gasteiger charge is -2.17. The second kappa shape index (κ2) is 5.67. The number of aromatic nitrogens is 1. The molecule has 0 aliphatic carbocycles. The predicted molar refractivity (Wildman–Crippen MR) is 71.0 cm³/mol. The van der Waals surface area contributed by atoms with Crippen molar-refractivity contribution < 1.29 is 8.42 Å². The van der Waals surface area contributed by atoms with Crippen LogP contribution in [0, 0.1) is 0 Å². The maximum Gasteiger partial charge on any atom is 0.262 e. The lowest BCUT2D eigenvalue weighted by atomic mass is 10.4. The average Bonchev–Trinajstić information content (AvgIpc) is 2.91. The highest BCUT2D eigenvalue weighted by Gasteiger charge is 2.30. The van der Waals surface area contributed by atoms with E-state index in [0.717, 1.165) is 25.8 Å². The van der Waals surface area contributed by atoms with Crippen LogP contribution in [0.15, 0.2) is 23.4 Å². The van der Waals surface area contributed by atoms with Crippen LogP contribution >= 0.6 is 0 Å². The van der Waals surface area contributed by atoms with Crippen LogP contribution in [-0.2, 0) is 10.0 Å². The summed E-state index contributed by atoms with van der Waals surface area (Å²) in [6.07, 6.45) is 4.34. The zero-order chi connectivity index (χ0) is 13.0. The molecular formula is C12H19N3O2S. The molecule has 6 heteroatoms. The number of nitrogens with one attached hydrogen (secondary N) is 1. The molecule has 1 aromatic rings. The lowest BCUT2D eigenvalue weighted by molar-refractivity contribution is 0.474. The molecule has 0 radical (unpaired) electrons. The minimum absolute atomic E-state index is 0.153. The Morgan fingerprint density at radius 1 is 1.39 bits per heavy atom. The van der Waals surface area contributed by atoms with Crippen LogP contribution in [0.1, 0.15) is 26.2 Å². The van der Waals surface area contributed by atoms with E-state index in [1.807, 2.05) is 6.92 Å². The van der Waals surface area contributed by atoms with E-state index in [1.54, 1.807) is 12.1 Å². The van der Waals surface area contributed by atoms with Gasteiger partial charge in [0.2, 0.25) is 0 Å². The number of anilines is 1. The SMILES string of the molecule is CCCNc1cccnc1S(=O)(=O)N1CCCC1. The number of sulfonamides is 1. The quantitative estimate of drug-likeness (QED) is 0.883. The maximum absolute atomic E-state index is 12.4. The van der Waals surface area contributed by atoms with Crippen molar-refractivity contribution in [3.8, 4) is 0 Å². The fourth-order valence-corrected chi connectivity index (χ4v) is 3.64. The van der Waals surface area contributed by atoms with Gasteiger partial charge in [0.05, 0.1) is 5.69 Å². The smallest absolute Gasteiger partial charge is 0.262 e. The van der Waals surface area contributed by atoms with Gasteiger partial charge in [-0.05, 0) is 31.4 Å². The first-order chi connectivity index (χ1) is 8.66. The standard InChI is InChI=1S/C12H19N3O2S/c1-2-7-13-11-6-5-8-14-12(11)18(16,17)15-9-3-4-10-15/h5-6,8,13H,2-4,7,9-10H2,1H3. The third-order valence-corrected chi connectivity index (χ3v) is 4.84. The molecule has 2 rings (SSSR count). The van der Waals surface area contributed by atoms with Crippen LogP contribution in [-0.4, -0.2) is 37.3 Å². The summed E-state index contributed by atoms with van der Waals surface area (Å²) in [5.41, 5.74) is 0.603. The van der Waals surface area contributed by atoms with Gasteiger partial charge in [0.1, 0.15) is 0 Å². The molecule has 1 aromatic heterocycles. The second-order valence-corrected chi connectivity index (χ2v) is 6.25. The van der Waals surface area contributed by atoms with Crippen LogP contribution < -0.4 is 5.32 Å². The Bertz CT molecular complexity index is 496. The molecule has 0 spiro atoms. The first-order valence-corrected chi connectivity index (χ1v) is 7.79. The summed E-state index contributed by atoms with van der Waals surface area (Å²) >= 11 is 0. The highest BCUT2D eigenvalue weighted by molar-refractivity contribution is 7.89. The van der Waals surface area contributed by atoms with Crippen molar-refractivity contribution >= 4 is 15.7 Å². The molecule has 0 atom stereocenters. The van der Waals surface area contributed by atoms with E-state index in [1.165, 1.54) is 10.5 Å². The topological polar surface area (TPSA) is 62.3 Å². The van der Waals surface area contributed by atoms with Crippen LogP contribution in [0.25, 0.3) is 0 Å². The van der Waals surface area contributed by atoms with Gasteiger partial charge in [0, 0.05) is 25.8 Å². The highest BCUT2D eigenvalue weighted by atomic mass is 32.2. The molecule has 100 valence electrons. The largest absolute Gasteiger partial charge is 0.383 e. The number of hydrogen-bond acceptors (Lipinski definition) is 4. The van der Waals surface area contributed by atoms with Crippen LogP contribution in [0.4, 0.5) is 5.69 Å². The van der Waals surface area contributed by atoms with Gasteiger partial charge < -0.3 is 5.32 Å². The van der Waals surface area contributed by atoms with Crippen molar-refractivity contribution in [3.63, 3.8) is 0 Å². The summed E-state index contributed by atoms with van der Waals surface area (Å²) in [7, 11) is -3.44. The summed E-state index contributed by atoms with van der Waals surface area (Å²) in [4.78, 5) is 4.06. The van der Waals surface area contributed by atoms with Crippen molar-refractivity contribution in [2.75, 3.05) is 25.0 Å². The van der Waals surface area contributed by atoms with E-state index in [9.17, 15) is 8.42 Å². The van der Waals surface area contributed by atoms with Crippen molar-refractivity contribution in [2.45, 2.75) is 31.2 Å². The summed E-state index contributed by atoms with van der Waals surface area (Å²) < 4.78 is 26.4. The molecule has 18 heavy (non-hydrogen) atoms. The van der Waals surface area contributed by atoms with Crippen molar-refractivity contribution in [3.05, 3.63) is 18.3 Å². The third kappa shape index (κ3) is 2.64. The molecule has 1 aliphatic heterocycles. The van der Waals surface area contributed by atoms with E-state index in [-0.39, 0.29) is 5.03 Å². The molecule has 0 unspecified atom stereocenters. The molecule has 1 aliphatic rings. The van der Waals surface area contributed by atoms with Gasteiger partial charge in [0.25, 0.3) is 10.0 Å². The summed E-state index contributed by atoms with van der Waals surface area (Å²) in [5.74, 6) is 0. The Morgan fingerprint density at radius 3 is 2.78 bits per heavy atom. The van der Waals surface area contributed by atoms with Crippen molar-refractivity contribution in [1.29, 1.82) is 0 Å². The number of pyridine rings is 1. The van der Waals surface area contributed by atoms with Gasteiger partial charge in [-0.15, -0.1) is 0 Å². The predicted octanol–water partition coefficient (Wildman–Crippen LogP) is 1.69. The summed E-state index contributed by atoms with van der Waals surface area (Å²) in [6, 6.07) is 3.52. The van der Waals surface area contributed by atoms with Crippen LogP contribution in [0.5, 0.6) is 0 Å². The molecule has 5 nitrogen and oxygen atoms in total. The van der Waals surface area contributed by atoms with Crippen LogP contribution in [0.2, 0.25) is 0 Å². The van der Waals surface area contributed by atoms with Gasteiger partial charge in [0.15, 0.2) is 5.03 Å². The molecule has 0 bridgehead atoms. The molecule has 1 N–H and O–H groups in total. The molecular weight excluding hydrogens is 250 g/mol. The first-order valence-electron chi connectivity index (χ1n) is 6.35. The number of hydrogen-bond donors (Lipinski definition) is 1. The normalized spacial score (nSPS) is 16.9.